The second kappa shape index (κ2) is 8.44. The minimum atomic E-state index is -3.98. The lowest BCUT2D eigenvalue weighted by Gasteiger charge is -2.22. The summed E-state index contributed by atoms with van der Waals surface area (Å²) in [5, 5.41) is 8.96. The van der Waals surface area contributed by atoms with E-state index in [2.05, 4.69) is 15.8 Å². The fraction of sp³-hybridized carbons (Fsp3) is 0.190. The normalized spacial score (nSPS) is 13.3. The molecule has 1 aromatic heterocycles. The van der Waals surface area contributed by atoms with Crippen LogP contribution < -0.4 is 15.4 Å². The summed E-state index contributed by atoms with van der Waals surface area (Å²) in [6.07, 6.45) is 1.54. The Morgan fingerprint density at radius 3 is 2.66 bits per heavy atom. The first-order valence-electron chi connectivity index (χ1n) is 9.58. The van der Waals surface area contributed by atoms with Crippen molar-refractivity contribution in [3.8, 4) is 17.1 Å². The molecule has 3 aromatic rings. The van der Waals surface area contributed by atoms with Crippen LogP contribution in [0.1, 0.15) is 5.56 Å². The summed E-state index contributed by atoms with van der Waals surface area (Å²) >= 11 is 0. The lowest BCUT2D eigenvalue weighted by molar-refractivity contribution is -0.118. The van der Waals surface area contributed by atoms with E-state index in [0.717, 1.165) is 9.87 Å². The third kappa shape index (κ3) is 4.34. The molecular formula is C21H20N4O6S. The number of hydrogen-bond donors (Lipinski definition) is 2. The maximum absolute atomic E-state index is 13.1. The van der Waals surface area contributed by atoms with E-state index in [4.69, 9.17) is 9.26 Å². The molecule has 32 heavy (non-hydrogen) atoms. The summed E-state index contributed by atoms with van der Waals surface area (Å²) in [6, 6.07) is 11.5. The molecule has 0 bridgehead atoms. The Balaban J connectivity index is 1.45. The number of aromatic nitrogens is 1. The Morgan fingerprint density at radius 2 is 1.97 bits per heavy atom. The molecule has 0 unspecified atom stereocenters. The molecule has 0 aliphatic carbocycles. The van der Waals surface area contributed by atoms with Crippen molar-refractivity contribution in [2.75, 3.05) is 30.8 Å². The lowest BCUT2D eigenvalue weighted by atomic mass is 10.1. The number of aryl methyl sites for hydroxylation is 1. The molecule has 2 heterocycles. The largest absolute Gasteiger partial charge is 0.482 e. The molecule has 1 aliphatic heterocycles. The maximum Gasteiger partial charge on any atom is 0.262 e. The van der Waals surface area contributed by atoms with Crippen LogP contribution in [0.2, 0.25) is 0 Å². The SMILES string of the molecule is Cc1cc2c(cc1S(=O)(=O)N(C)CC(=O)Nc1ccc(-c3ccno3)cc1)OCC(=O)N2. The molecule has 0 saturated carbocycles. The van der Waals surface area contributed by atoms with Gasteiger partial charge in [-0.3, -0.25) is 9.59 Å². The van der Waals surface area contributed by atoms with E-state index in [1.54, 1.807) is 37.3 Å². The smallest absolute Gasteiger partial charge is 0.262 e. The Labute approximate surface area is 184 Å². The zero-order valence-electron chi connectivity index (χ0n) is 17.3. The van der Waals surface area contributed by atoms with E-state index in [9.17, 15) is 18.0 Å². The van der Waals surface area contributed by atoms with Crippen LogP contribution in [0.25, 0.3) is 11.3 Å². The van der Waals surface area contributed by atoms with Crippen LogP contribution in [-0.2, 0) is 19.6 Å². The van der Waals surface area contributed by atoms with Crippen molar-refractivity contribution >= 4 is 33.2 Å². The van der Waals surface area contributed by atoms with Crippen molar-refractivity contribution in [3.05, 3.63) is 54.2 Å². The van der Waals surface area contributed by atoms with Crippen molar-refractivity contribution < 1.29 is 27.3 Å². The number of amides is 2. The third-order valence-electron chi connectivity index (χ3n) is 4.86. The molecule has 10 nitrogen and oxygen atoms in total. The van der Waals surface area contributed by atoms with Gasteiger partial charge in [-0.1, -0.05) is 5.16 Å². The number of carbonyl (C=O) groups is 2. The van der Waals surface area contributed by atoms with Gasteiger partial charge in [0.25, 0.3) is 5.91 Å². The van der Waals surface area contributed by atoms with Crippen LogP contribution in [0.4, 0.5) is 11.4 Å². The molecule has 1 aliphatic rings. The van der Waals surface area contributed by atoms with Gasteiger partial charge in [0.1, 0.15) is 5.75 Å². The molecule has 2 N–H and O–H groups in total. The Hall–Kier alpha value is -3.70. The van der Waals surface area contributed by atoms with Crippen LogP contribution in [0.5, 0.6) is 5.75 Å². The van der Waals surface area contributed by atoms with Gasteiger partial charge in [-0.15, -0.1) is 0 Å². The highest BCUT2D eigenvalue weighted by Gasteiger charge is 2.28. The average Bonchev–Trinajstić information content (AvgIpc) is 3.28. The second-order valence-corrected chi connectivity index (χ2v) is 9.23. The van der Waals surface area contributed by atoms with Crippen LogP contribution in [0.3, 0.4) is 0 Å². The fourth-order valence-corrected chi connectivity index (χ4v) is 4.58. The van der Waals surface area contributed by atoms with E-state index in [1.807, 2.05) is 0 Å². The average molecular weight is 456 g/mol. The quantitative estimate of drug-likeness (QED) is 0.582. The number of ether oxygens (including phenoxy) is 1. The highest BCUT2D eigenvalue weighted by Crippen LogP contribution is 2.33. The number of nitrogens with zero attached hydrogens (tertiary/aromatic N) is 2. The lowest BCUT2D eigenvalue weighted by Crippen LogP contribution is -2.35. The molecule has 4 rings (SSSR count). The Bertz CT molecular complexity index is 1270. The number of fused-ring (bicyclic) bond motifs is 1. The van der Waals surface area contributed by atoms with Gasteiger partial charge in [0.05, 0.1) is 23.3 Å². The summed E-state index contributed by atoms with van der Waals surface area (Å²) in [7, 11) is -2.66. The van der Waals surface area contributed by atoms with Crippen LogP contribution in [0.15, 0.2) is 58.1 Å². The van der Waals surface area contributed by atoms with Crippen molar-refractivity contribution in [1.82, 2.24) is 9.46 Å². The van der Waals surface area contributed by atoms with Crippen molar-refractivity contribution in [2.45, 2.75) is 11.8 Å². The van der Waals surface area contributed by atoms with Gasteiger partial charge in [-0.05, 0) is 42.8 Å². The first kappa shape index (κ1) is 21.5. The zero-order chi connectivity index (χ0) is 22.9. The van der Waals surface area contributed by atoms with Gasteiger partial charge in [-0.2, -0.15) is 4.31 Å². The molecular weight excluding hydrogens is 436 g/mol. The van der Waals surface area contributed by atoms with E-state index >= 15 is 0 Å². The second-order valence-electron chi connectivity index (χ2n) is 7.21. The highest BCUT2D eigenvalue weighted by molar-refractivity contribution is 7.89. The van der Waals surface area contributed by atoms with Crippen LogP contribution in [-0.4, -0.2) is 49.9 Å². The van der Waals surface area contributed by atoms with Gasteiger partial charge >= 0.3 is 0 Å². The minimum absolute atomic E-state index is 0.000825. The molecule has 0 spiro atoms. The Morgan fingerprint density at radius 1 is 1.22 bits per heavy atom. The number of rotatable bonds is 6. The first-order valence-corrected chi connectivity index (χ1v) is 11.0. The minimum Gasteiger partial charge on any atom is -0.482 e. The summed E-state index contributed by atoms with van der Waals surface area (Å²) < 4.78 is 37.5. The number of likely N-dealkylation sites (N-methyl/N-ethyl adjacent to an activating group) is 1. The highest BCUT2D eigenvalue weighted by atomic mass is 32.2. The van der Waals surface area contributed by atoms with E-state index in [0.29, 0.717) is 22.7 Å². The molecule has 0 radical (unpaired) electrons. The number of sulfonamides is 1. The standard InChI is InChI=1S/C21H20N4O6S/c1-13-9-16-18(30-12-21(27)24-16)10-19(13)32(28,29)25(2)11-20(26)23-15-5-3-14(4-6-15)17-7-8-22-31-17/h3-10H,11-12H2,1-2H3,(H,23,26)(H,24,27). The van der Waals surface area contributed by atoms with E-state index < -0.39 is 15.9 Å². The molecule has 0 atom stereocenters. The molecule has 0 fully saturated rings. The predicted octanol–water partition coefficient (Wildman–Crippen LogP) is 2.24. The monoisotopic (exact) mass is 456 g/mol. The number of hydrogen-bond acceptors (Lipinski definition) is 7. The van der Waals surface area contributed by atoms with Gasteiger partial charge < -0.3 is 19.9 Å². The topological polar surface area (TPSA) is 131 Å². The molecule has 0 saturated heterocycles. The number of benzene rings is 2. The van der Waals surface area contributed by atoms with Crippen LogP contribution in [0, 0.1) is 6.92 Å². The zero-order valence-corrected chi connectivity index (χ0v) is 18.1. The van der Waals surface area contributed by atoms with E-state index in [1.165, 1.54) is 25.4 Å². The first-order chi connectivity index (χ1) is 15.2. The fourth-order valence-electron chi connectivity index (χ4n) is 3.23. The van der Waals surface area contributed by atoms with Crippen molar-refractivity contribution in [1.29, 1.82) is 0 Å². The number of nitrogens with one attached hydrogen (secondary N) is 2. The summed E-state index contributed by atoms with van der Waals surface area (Å²) in [5.74, 6) is 0.0499. The van der Waals surface area contributed by atoms with Crippen molar-refractivity contribution in [3.63, 3.8) is 0 Å². The van der Waals surface area contributed by atoms with E-state index in [-0.39, 0.29) is 29.7 Å². The van der Waals surface area contributed by atoms with Gasteiger partial charge in [-0.25, -0.2) is 8.42 Å². The third-order valence-corrected chi connectivity index (χ3v) is 6.80. The Kier molecular flexibility index (Phi) is 5.68. The molecule has 2 aromatic carbocycles. The predicted molar refractivity (Wildman–Crippen MR) is 116 cm³/mol. The van der Waals surface area contributed by atoms with Gasteiger partial charge in [0.2, 0.25) is 15.9 Å². The van der Waals surface area contributed by atoms with Gasteiger partial charge in [0, 0.05) is 30.4 Å². The summed E-state index contributed by atoms with van der Waals surface area (Å²) in [6.45, 7) is 1.03. The summed E-state index contributed by atoms with van der Waals surface area (Å²) in [5.41, 5.74) is 2.14. The summed E-state index contributed by atoms with van der Waals surface area (Å²) in [4.78, 5) is 23.9. The van der Waals surface area contributed by atoms with Crippen LogP contribution >= 0.6 is 0 Å². The van der Waals surface area contributed by atoms with Gasteiger partial charge in [0.15, 0.2) is 12.4 Å². The molecule has 11 heteroatoms. The molecule has 2 amide bonds. The van der Waals surface area contributed by atoms with Crippen molar-refractivity contribution in [2.24, 2.45) is 0 Å². The number of anilines is 2. The molecule has 166 valence electrons. The number of carbonyl (C=O) groups excluding carboxylic acids is 2. The maximum atomic E-state index is 13.1.